The van der Waals surface area contributed by atoms with Crippen molar-refractivity contribution in [2.24, 2.45) is 0 Å². The van der Waals surface area contributed by atoms with Gasteiger partial charge in [0, 0.05) is 12.8 Å². The van der Waals surface area contributed by atoms with E-state index >= 15 is 0 Å². The van der Waals surface area contributed by atoms with Crippen LogP contribution in [0.15, 0.2) is 12.2 Å². The molecule has 0 rings (SSSR count). The van der Waals surface area contributed by atoms with Crippen molar-refractivity contribution < 1.29 is 42.1 Å². The zero-order chi connectivity index (χ0) is 40.7. The molecule has 1 N–H and O–H groups in total. The average molecular weight is 803 g/mol. The SMILES string of the molecule is CCCCCCCC/C=C/CCCCCCCC(=O)O[C@H](COC(=O)CCCCCCCCCCCCCCCCCC)COP(=O)(O)OCC[N+](C)(C)C. The summed E-state index contributed by atoms with van der Waals surface area (Å²) in [7, 11) is 1.48. The molecule has 1 unspecified atom stereocenters. The summed E-state index contributed by atoms with van der Waals surface area (Å²) in [5, 5.41) is 0. The predicted molar refractivity (Wildman–Crippen MR) is 229 cm³/mol. The first-order valence-electron chi connectivity index (χ1n) is 22.9. The Morgan fingerprint density at radius 2 is 0.927 bits per heavy atom. The number of hydrogen-bond acceptors (Lipinski definition) is 7. The summed E-state index contributed by atoms with van der Waals surface area (Å²) in [6, 6.07) is 0. The molecule has 0 aliphatic carbocycles. The molecule has 10 heteroatoms. The minimum Gasteiger partial charge on any atom is -0.462 e. The minimum absolute atomic E-state index is 0.0332. The van der Waals surface area contributed by atoms with Crippen LogP contribution in [0.2, 0.25) is 0 Å². The molecule has 0 spiro atoms. The van der Waals surface area contributed by atoms with Crippen LogP contribution >= 0.6 is 7.82 Å². The van der Waals surface area contributed by atoms with Crippen molar-refractivity contribution in [1.82, 2.24) is 0 Å². The number of likely N-dealkylation sites (N-methyl/N-ethyl adjacent to an activating group) is 1. The second-order valence-electron chi connectivity index (χ2n) is 16.8. The molecule has 55 heavy (non-hydrogen) atoms. The zero-order valence-electron chi connectivity index (χ0n) is 36.7. The Bertz CT molecular complexity index is 954. The highest BCUT2D eigenvalue weighted by Crippen LogP contribution is 2.43. The fraction of sp³-hybridized carbons (Fsp3) is 0.911. The molecule has 0 aromatic rings. The van der Waals surface area contributed by atoms with Crippen molar-refractivity contribution in [2.75, 3.05) is 47.5 Å². The Labute approximate surface area is 339 Å². The van der Waals surface area contributed by atoms with Gasteiger partial charge in [0.15, 0.2) is 6.10 Å². The lowest BCUT2D eigenvalue weighted by Crippen LogP contribution is -2.37. The molecule has 0 heterocycles. The standard InChI is InChI=1S/C45H88NO8P/c1-6-8-10-12-14-16-18-20-22-24-25-27-29-31-33-35-37-44(47)51-41-43(42-53-55(49,50)52-40-39-46(3,4)5)54-45(48)38-36-34-32-30-28-26-23-21-19-17-15-13-11-9-7-2/h21,23,43H,6-20,22,24-42H2,1-5H3/p+1/b23-21+/t43-/m1/s1. The number of hydrogen-bond donors (Lipinski definition) is 1. The van der Waals surface area contributed by atoms with Gasteiger partial charge in [0.2, 0.25) is 0 Å². The van der Waals surface area contributed by atoms with Crippen molar-refractivity contribution in [1.29, 1.82) is 0 Å². The molecular weight excluding hydrogens is 713 g/mol. The second kappa shape index (κ2) is 38.3. The number of quaternary nitrogens is 1. The molecule has 0 aromatic heterocycles. The number of carbonyl (C=O) groups is 2. The molecule has 2 atom stereocenters. The van der Waals surface area contributed by atoms with Crippen LogP contribution < -0.4 is 0 Å². The zero-order valence-corrected chi connectivity index (χ0v) is 37.6. The van der Waals surface area contributed by atoms with Gasteiger partial charge in [0.05, 0.1) is 27.7 Å². The Kier molecular flexibility index (Phi) is 37.4. The minimum atomic E-state index is -4.37. The van der Waals surface area contributed by atoms with Crippen molar-refractivity contribution in [2.45, 2.75) is 219 Å². The first-order valence-corrected chi connectivity index (χ1v) is 24.4. The van der Waals surface area contributed by atoms with Gasteiger partial charge in [-0.05, 0) is 38.5 Å². The van der Waals surface area contributed by atoms with Crippen LogP contribution in [0.5, 0.6) is 0 Å². The Hall–Kier alpha value is -1.25. The molecular formula is C45H89NO8P+. The molecule has 9 nitrogen and oxygen atoms in total. The Morgan fingerprint density at radius 3 is 1.35 bits per heavy atom. The Morgan fingerprint density at radius 1 is 0.545 bits per heavy atom. The molecule has 0 bridgehead atoms. The van der Waals surface area contributed by atoms with Gasteiger partial charge in [-0.3, -0.25) is 18.6 Å². The van der Waals surface area contributed by atoms with Gasteiger partial charge in [-0.15, -0.1) is 0 Å². The first-order chi connectivity index (χ1) is 26.5. The van der Waals surface area contributed by atoms with E-state index in [1.54, 1.807) is 0 Å². The monoisotopic (exact) mass is 803 g/mol. The second-order valence-corrected chi connectivity index (χ2v) is 18.2. The summed E-state index contributed by atoms with van der Waals surface area (Å²) >= 11 is 0. The van der Waals surface area contributed by atoms with Gasteiger partial charge in [0.25, 0.3) is 0 Å². The maximum atomic E-state index is 12.7. The summed E-state index contributed by atoms with van der Waals surface area (Å²) in [5.74, 6) is -0.797. The van der Waals surface area contributed by atoms with Crippen LogP contribution in [-0.4, -0.2) is 74.9 Å². The van der Waals surface area contributed by atoms with Gasteiger partial charge < -0.3 is 18.9 Å². The van der Waals surface area contributed by atoms with Crippen LogP contribution in [-0.2, 0) is 32.7 Å². The van der Waals surface area contributed by atoms with E-state index < -0.39 is 26.5 Å². The third-order valence-electron chi connectivity index (χ3n) is 10.0. The summed E-state index contributed by atoms with van der Waals surface area (Å²) < 4.78 is 34.3. The summed E-state index contributed by atoms with van der Waals surface area (Å²) in [5.41, 5.74) is 0. The topological polar surface area (TPSA) is 108 Å². The Balaban J connectivity index is 4.32. The first kappa shape index (κ1) is 53.8. The van der Waals surface area contributed by atoms with Crippen molar-refractivity contribution >= 4 is 19.8 Å². The van der Waals surface area contributed by atoms with E-state index in [0.29, 0.717) is 23.9 Å². The van der Waals surface area contributed by atoms with E-state index in [2.05, 4.69) is 26.0 Å². The molecule has 326 valence electrons. The number of allylic oxidation sites excluding steroid dienone is 2. The van der Waals surface area contributed by atoms with Crippen LogP contribution in [0.1, 0.15) is 213 Å². The van der Waals surface area contributed by atoms with E-state index in [-0.39, 0.29) is 25.6 Å². The number of esters is 2. The predicted octanol–water partition coefficient (Wildman–Crippen LogP) is 13.0. The third-order valence-corrected chi connectivity index (χ3v) is 11.0. The van der Waals surface area contributed by atoms with E-state index in [4.69, 9.17) is 18.5 Å². The highest BCUT2D eigenvalue weighted by molar-refractivity contribution is 7.47. The van der Waals surface area contributed by atoms with Crippen LogP contribution in [0, 0.1) is 0 Å². The number of phosphoric ester groups is 1. The van der Waals surface area contributed by atoms with Gasteiger partial charge >= 0.3 is 19.8 Å². The molecule has 0 aromatic carbocycles. The highest BCUT2D eigenvalue weighted by atomic mass is 31.2. The molecule has 0 aliphatic heterocycles. The van der Waals surface area contributed by atoms with Crippen LogP contribution in [0.25, 0.3) is 0 Å². The van der Waals surface area contributed by atoms with Crippen LogP contribution in [0.3, 0.4) is 0 Å². The van der Waals surface area contributed by atoms with Gasteiger partial charge in [-0.1, -0.05) is 174 Å². The number of ether oxygens (including phenoxy) is 2. The van der Waals surface area contributed by atoms with Crippen LogP contribution in [0.4, 0.5) is 0 Å². The number of carbonyl (C=O) groups excluding carboxylic acids is 2. The number of nitrogens with zero attached hydrogens (tertiary/aromatic N) is 1. The molecule has 0 amide bonds. The highest BCUT2D eigenvalue weighted by Gasteiger charge is 2.27. The fourth-order valence-electron chi connectivity index (χ4n) is 6.42. The maximum absolute atomic E-state index is 12.7. The lowest BCUT2D eigenvalue weighted by molar-refractivity contribution is -0.870. The number of rotatable bonds is 42. The lowest BCUT2D eigenvalue weighted by atomic mass is 10.0. The third kappa shape index (κ3) is 42.2. The van der Waals surface area contributed by atoms with E-state index in [1.165, 1.54) is 128 Å². The quantitative estimate of drug-likeness (QED) is 0.0214. The van der Waals surface area contributed by atoms with Gasteiger partial charge in [-0.25, -0.2) is 4.57 Å². The molecule has 0 saturated carbocycles. The van der Waals surface area contributed by atoms with Gasteiger partial charge in [0.1, 0.15) is 19.8 Å². The summed E-state index contributed by atoms with van der Waals surface area (Å²) in [6.07, 6.45) is 39.6. The van der Waals surface area contributed by atoms with E-state index in [1.807, 2.05) is 21.1 Å². The fourth-order valence-corrected chi connectivity index (χ4v) is 7.16. The molecule has 0 saturated heterocycles. The van der Waals surface area contributed by atoms with Crippen molar-refractivity contribution in [3.05, 3.63) is 12.2 Å². The summed E-state index contributed by atoms with van der Waals surface area (Å²) in [6.45, 7) is 4.44. The van der Waals surface area contributed by atoms with Crippen molar-refractivity contribution in [3.63, 3.8) is 0 Å². The average Bonchev–Trinajstić information content (AvgIpc) is 3.13. The normalized spacial score (nSPS) is 13.6. The van der Waals surface area contributed by atoms with Gasteiger partial charge in [-0.2, -0.15) is 0 Å². The van der Waals surface area contributed by atoms with E-state index in [0.717, 1.165) is 51.4 Å². The lowest BCUT2D eigenvalue weighted by Gasteiger charge is -2.24. The maximum Gasteiger partial charge on any atom is 0.472 e. The number of phosphoric acid groups is 1. The number of unbranched alkanes of at least 4 members (excludes halogenated alkanes) is 26. The molecule has 0 radical (unpaired) electrons. The smallest absolute Gasteiger partial charge is 0.462 e. The van der Waals surface area contributed by atoms with E-state index in [9.17, 15) is 19.0 Å². The largest absolute Gasteiger partial charge is 0.472 e. The summed E-state index contributed by atoms with van der Waals surface area (Å²) in [4.78, 5) is 35.4. The molecule has 0 aliphatic rings. The molecule has 0 fully saturated rings. The van der Waals surface area contributed by atoms with Crippen molar-refractivity contribution in [3.8, 4) is 0 Å².